The Morgan fingerprint density at radius 2 is 1.79 bits per heavy atom. The van der Waals surface area contributed by atoms with E-state index in [1.54, 1.807) is 0 Å². The maximum Gasteiger partial charge on any atom is 0.232 e. The molecular formula is C18H18Cl3F2N3OS. The molecule has 0 aliphatic rings. The molecule has 1 atom stereocenters. The van der Waals surface area contributed by atoms with Crippen molar-refractivity contribution < 1.29 is 13.9 Å². The topological polar surface area (TPSA) is 71.2 Å². The van der Waals surface area contributed by atoms with Crippen LogP contribution in [0, 0.1) is 11.6 Å². The van der Waals surface area contributed by atoms with Gasteiger partial charge in [-0.05, 0) is 36.2 Å². The van der Waals surface area contributed by atoms with Gasteiger partial charge in [-0.25, -0.2) is 8.78 Å². The van der Waals surface area contributed by atoms with E-state index in [-0.39, 0.29) is 36.7 Å². The van der Waals surface area contributed by atoms with E-state index in [9.17, 15) is 13.9 Å². The van der Waals surface area contributed by atoms with Crippen LogP contribution >= 0.6 is 47.8 Å². The van der Waals surface area contributed by atoms with Crippen molar-refractivity contribution in [3.8, 4) is 16.3 Å². The molecule has 0 aliphatic carbocycles. The van der Waals surface area contributed by atoms with Crippen molar-refractivity contribution in [3.05, 3.63) is 64.7 Å². The zero-order valence-corrected chi connectivity index (χ0v) is 17.6. The van der Waals surface area contributed by atoms with Gasteiger partial charge in [0.2, 0.25) is 5.88 Å². The molecule has 152 valence electrons. The lowest BCUT2D eigenvalue weighted by Gasteiger charge is -2.12. The van der Waals surface area contributed by atoms with Gasteiger partial charge in [0.15, 0.2) is 16.8 Å². The fourth-order valence-electron chi connectivity index (χ4n) is 2.43. The van der Waals surface area contributed by atoms with Crippen LogP contribution in [0.1, 0.15) is 5.56 Å². The third kappa shape index (κ3) is 6.18. The molecular weight excluding hydrogens is 451 g/mol. The van der Waals surface area contributed by atoms with Crippen LogP contribution in [0.15, 0.2) is 42.5 Å². The molecule has 0 saturated carbocycles. The highest BCUT2D eigenvalue weighted by Crippen LogP contribution is 2.37. The van der Waals surface area contributed by atoms with Crippen molar-refractivity contribution in [2.45, 2.75) is 12.5 Å². The number of halogens is 5. The van der Waals surface area contributed by atoms with Gasteiger partial charge < -0.3 is 16.2 Å². The minimum Gasteiger partial charge on any atom is -0.492 e. The molecule has 0 aliphatic heterocycles. The Labute approximate surface area is 182 Å². The summed E-state index contributed by atoms with van der Waals surface area (Å²) >= 11 is 7.00. The molecule has 0 unspecified atom stereocenters. The molecule has 1 aromatic heterocycles. The minimum atomic E-state index is -0.977. The van der Waals surface area contributed by atoms with Crippen molar-refractivity contribution in [2.75, 3.05) is 11.9 Å². The van der Waals surface area contributed by atoms with Crippen LogP contribution in [0.3, 0.4) is 0 Å². The van der Waals surface area contributed by atoms with Gasteiger partial charge in [0, 0.05) is 23.2 Å². The largest absolute Gasteiger partial charge is 0.492 e. The van der Waals surface area contributed by atoms with E-state index in [1.165, 1.54) is 6.07 Å². The summed E-state index contributed by atoms with van der Waals surface area (Å²) in [7, 11) is 0. The highest BCUT2D eigenvalue weighted by Gasteiger charge is 2.15. The van der Waals surface area contributed by atoms with E-state index in [2.05, 4.69) is 10.3 Å². The van der Waals surface area contributed by atoms with E-state index in [0.29, 0.717) is 33.6 Å². The van der Waals surface area contributed by atoms with Crippen molar-refractivity contribution in [1.82, 2.24) is 4.98 Å². The minimum absolute atomic E-state index is 0. The number of hydrogen-bond donors (Lipinski definition) is 3. The van der Waals surface area contributed by atoms with E-state index < -0.39 is 11.6 Å². The summed E-state index contributed by atoms with van der Waals surface area (Å²) in [6.07, 6.45) is 0.650. The summed E-state index contributed by atoms with van der Waals surface area (Å²) in [6.45, 7) is 0.437. The Balaban J connectivity index is 0.00000196. The van der Waals surface area contributed by atoms with Gasteiger partial charge in [0.25, 0.3) is 0 Å². The third-order valence-electron chi connectivity index (χ3n) is 3.72. The maximum atomic E-state index is 13.4. The Kier molecular flexibility index (Phi) is 9.39. The lowest BCUT2D eigenvalue weighted by Crippen LogP contribution is -2.31. The fourth-order valence-corrected chi connectivity index (χ4v) is 3.42. The molecule has 0 saturated heterocycles. The average molecular weight is 469 g/mol. The predicted molar refractivity (Wildman–Crippen MR) is 115 cm³/mol. The third-order valence-corrected chi connectivity index (χ3v) is 5.02. The molecule has 0 fully saturated rings. The molecule has 0 bridgehead atoms. The van der Waals surface area contributed by atoms with Crippen LogP contribution in [0.2, 0.25) is 5.02 Å². The number of aromatic hydroxyl groups is 1. The van der Waals surface area contributed by atoms with Crippen LogP contribution in [0.4, 0.5) is 13.9 Å². The molecule has 4 nitrogen and oxygen atoms in total. The summed E-state index contributed by atoms with van der Waals surface area (Å²) in [5.74, 6) is -2.16. The van der Waals surface area contributed by atoms with E-state index in [0.717, 1.165) is 29.0 Å². The molecule has 4 N–H and O–H groups in total. The van der Waals surface area contributed by atoms with Gasteiger partial charge in [-0.3, -0.25) is 0 Å². The van der Waals surface area contributed by atoms with E-state index in [1.807, 2.05) is 24.3 Å². The number of benzene rings is 2. The Morgan fingerprint density at radius 3 is 2.43 bits per heavy atom. The standard InChI is InChI=1S/C18H16ClF2N3OS.2ClH/c19-12-4-1-10(2-5-12)7-13(22)9-23-18-24-17(25)16(26-18)11-3-6-14(20)15(21)8-11;;/h1-6,8,13,25H,7,9,22H2,(H,23,24);2*1H/t13-;;/m1../s1. The number of thiazole rings is 1. The summed E-state index contributed by atoms with van der Waals surface area (Å²) in [4.78, 5) is 4.36. The number of nitrogens with zero attached hydrogens (tertiary/aromatic N) is 1. The first-order valence-electron chi connectivity index (χ1n) is 7.81. The normalized spacial score (nSPS) is 11.3. The zero-order chi connectivity index (χ0) is 18.7. The smallest absolute Gasteiger partial charge is 0.232 e. The van der Waals surface area contributed by atoms with Crippen LogP contribution in [-0.2, 0) is 6.42 Å². The van der Waals surface area contributed by atoms with Crippen LogP contribution in [0.5, 0.6) is 5.88 Å². The van der Waals surface area contributed by atoms with Crippen LogP contribution < -0.4 is 11.1 Å². The summed E-state index contributed by atoms with van der Waals surface area (Å²) in [5, 5.41) is 14.2. The zero-order valence-electron chi connectivity index (χ0n) is 14.4. The lowest BCUT2D eigenvalue weighted by atomic mass is 10.1. The molecule has 3 rings (SSSR count). The average Bonchev–Trinajstić information content (AvgIpc) is 2.98. The number of nitrogens with one attached hydrogen (secondary N) is 1. The number of nitrogens with two attached hydrogens (primary N) is 1. The molecule has 10 heteroatoms. The molecule has 28 heavy (non-hydrogen) atoms. The van der Waals surface area contributed by atoms with Gasteiger partial charge in [-0.15, -0.1) is 24.8 Å². The first kappa shape index (κ1) is 24.4. The number of hydrogen-bond acceptors (Lipinski definition) is 5. The molecule has 3 aromatic rings. The Bertz CT molecular complexity index is 910. The SMILES string of the molecule is Cl.Cl.N[C@@H](CNc1nc(O)c(-c2ccc(F)c(F)c2)s1)Cc1ccc(Cl)cc1. The monoisotopic (exact) mass is 467 g/mol. The van der Waals surface area contributed by atoms with Crippen LogP contribution in [0.25, 0.3) is 10.4 Å². The van der Waals surface area contributed by atoms with Gasteiger partial charge >= 0.3 is 0 Å². The number of rotatable bonds is 6. The molecule has 0 radical (unpaired) electrons. The highest BCUT2D eigenvalue weighted by atomic mass is 35.5. The fraction of sp³-hybridized carbons (Fsp3) is 0.167. The second-order valence-electron chi connectivity index (χ2n) is 5.77. The van der Waals surface area contributed by atoms with Crippen LogP contribution in [-0.4, -0.2) is 22.7 Å². The Morgan fingerprint density at radius 1 is 1.11 bits per heavy atom. The van der Waals surface area contributed by atoms with Gasteiger partial charge in [-0.1, -0.05) is 41.1 Å². The summed E-state index contributed by atoms with van der Waals surface area (Å²) in [6, 6.07) is 10.7. The quantitative estimate of drug-likeness (QED) is 0.461. The lowest BCUT2D eigenvalue weighted by molar-refractivity contribution is 0.459. The maximum absolute atomic E-state index is 13.4. The molecule has 1 heterocycles. The van der Waals surface area contributed by atoms with Crippen molar-refractivity contribution in [1.29, 1.82) is 0 Å². The predicted octanol–water partition coefficient (Wildman–Crippen LogP) is 5.27. The van der Waals surface area contributed by atoms with E-state index in [4.69, 9.17) is 17.3 Å². The highest BCUT2D eigenvalue weighted by molar-refractivity contribution is 7.19. The molecule has 0 spiro atoms. The second-order valence-corrected chi connectivity index (χ2v) is 7.21. The van der Waals surface area contributed by atoms with Crippen molar-refractivity contribution in [3.63, 3.8) is 0 Å². The number of anilines is 1. The molecule has 2 aromatic carbocycles. The summed E-state index contributed by atoms with van der Waals surface area (Å²) in [5.41, 5.74) is 7.53. The molecule has 0 amide bonds. The van der Waals surface area contributed by atoms with Crippen molar-refractivity contribution in [2.24, 2.45) is 5.73 Å². The second kappa shape index (κ2) is 10.8. The van der Waals surface area contributed by atoms with Gasteiger partial charge in [0.05, 0.1) is 4.88 Å². The summed E-state index contributed by atoms with van der Waals surface area (Å²) < 4.78 is 26.4. The Hall–Kier alpha value is -1.64. The van der Waals surface area contributed by atoms with Gasteiger partial charge in [-0.2, -0.15) is 4.98 Å². The van der Waals surface area contributed by atoms with Gasteiger partial charge in [0.1, 0.15) is 0 Å². The number of aromatic nitrogens is 1. The first-order valence-corrected chi connectivity index (χ1v) is 9.01. The van der Waals surface area contributed by atoms with Crippen molar-refractivity contribution >= 4 is 52.9 Å². The van der Waals surface area contributed by atoms with E-state index >= 15 is 0 Å². The first-order chi connectivity index (χ1) is 12.4.